The molecule has 0 bridgehead atoms. The Morgan fingerprint density at radius 1 is 1.17 bits per heavy atom. The van der Waals surface area contributed by atoms with Crippen molar-refractivity contribution in [1.29, 1.82) is 0 Å². The largest absolute Gasteiger partial charge is 0.384 e. The number of hydrogen-bond donors (Lipinski definition) is 1. The second-order valence-electron chi connectivity index (χ2n) is 4.71. The normalized spacial score (nSPS) is 17.9. The number of halogens is 1. The Morgan fingerprint density at radius 2 is 1.89 bits per heavy atom. The van der Waals surface area contributed by atoms with Gasteiger partial charge >= 0.3 is 0 Å². The average Bonchev–Trinajstić information content (AvgIpc) is 2.40. The van der Waals surface area contributed by atoms with Gasteiger partial charge in [-0.1, -0.05) is 28.9 Å². The van der Waals surface area contributed by atoms with Crippen LogP contribution in [0.1, 0.15) is 6.92 Å². The van der Waals surface area contributed by atoms with E-state index in [9.17, 15) is 0 Å². The predicted octanol–water partition coefficient (Wildman–Crippen LogP) is 2.50. The maximum Gasteiger partial charge on any atom is 0.0351 e. The molecule has 0 aliphatic carbocycles. The SMILES string of the molecule is CCN1CCN(CCNc2cccc(Br)c2)CC1. The molecule has 1 saturated heterocycles. The number of anilines is 1. The van der Waals surface area contributed by atoms with E-state index in [-0.39, 0.29) is 0 Å². The fourth-order valence-electron chi connectivity index (χ4n) is 2.29. The van der Waals surface area contributed by atoms with E-state index in [0.717, 1.165) is 17.6 Å². The molecule has 0 spiro atoms. The van der Waals surface area contributed by atoms with Gasteiger partial charge in [0.1, 0.15) is 0 Å². The minimum atomic E-state index is 1.02. The second kappa shape index (κ2) is 7.12. The lowest BCUT2D eigenvalue weighted by atomic mass is 10.3. The van der Waals surface area contributed by atoms with E-state index in [4.69, 9.17) is 0 Å². The Kier molecular flexibility index (Phi) is 5.47. The molecule has 1 aromatic rings. The van der Waals surface area contributed by atoms with Crippen LogP contribution in [0, 0.1) is 0 Å². The van der Waals surface area contributed by atoms with Crippen molar-refractivity contribution in [2.24, 2.45) is 0 Å². The molecule has 4 heteroatoms. The van der Waals surface area contributed by atoms with Gasteiger partial charge in [0.25, 0.3) is 0 Å². The zero-order valence-corrected chi connectivity index (χ0v) is 12.6. The standard InChI is InChI=1S/C14H22BrN3/c1-2-17-8-10-18(11-9-17)7-6-16-14-5-3-4-13(15)12-14/h3-5,12,16H,2,6-11H2,1H3. The molecule has 100 valence electrons. The average molecular weight is 312 g/mol. The van der Waals surface area contributed by atoms with Crippen LogP contribution in [0.3, 0.4) is 0 Å². The summed E-state index contributed by atoms with van der Waals surface area (Å²) >= 11 is 3.49. The summed E-state index contributed by atoms with van der Waals surface area (Å²) in [6.07, 6.45) is 0. The number of nitrogens with zero attached hydrogens (tertiary/aromatic N) is 2. The molecule has 3 nitrogen and oxygen atoms in total. The van der Waals surface area contributed by atoms with Crippen LogP contribution in [0.25, 0.3) is 0 Å². The Hall–Kier alpha value is -0.580. The highest BCUT2D eigenvalue weighted by molar-refractivity contribution is 9.10. The lowest BCUT2D eigenvalue weighted by Crippen LogP contribution is -2.47. The summed E-state index contributed by atoms with van der Waals surface area (Å²) in [7, 11) is 0. The molecule has 1 aliphatic heterocycles. The van der Waals surface area contributed by atoms with E-state index in [1.807, 2.05) is 0 Å². The maximum absolute atomic E-state index is 3.49. The molecule has 1 N–H and O–H groups in total. The molecule has 0 atom stereocenters. The first kappa shape index (κ1) is 13.8. The Morgan fingerprint density at radius 3 is 2.56 bits per heavy atom. The molecule has 1 aliphatic rings. The molecular weight excluding hydrogens is 290 g/mol. The fourth-order valence-corrected chi connectivity index (χ4v) is 2.69. The van der Waals surface area contributed by atoms with Crippen molar-refractivity contribution >= 4 is 21.6 Å². The molecular formula is C14H22BrN3. The first-order chi connectivity index (χ1) is 8.78. The summed E-state index contributed by atoms with van der Waals surface area (Å²) in [5.41, 5.74) is 1.19. The Balaban J connectivity index is 1.67. The summed E-state index contributed by atoms with van der Waals surface area (Å²) in [5.74, 6) is 0. The number of piperazine rings is 1. The van der Waals surface area contributed by atoms with Crippen LogP contribution in [0.4, 0.5) is 5.69 Å². The molecule has 0 aromatic heterocycles. The van der Waals surface area contributed by atoms with Gasteiger partial charge in [-0.25, -0.2) is 0 Å². The van der Waals surface area contributed by atoms with Gasteiger partial charge in [0.15, 0.2) is 0 Å². The second-order valence-corrected chi connectivity index (χ2v) is 5.63. The summed E-state index contributed by atoms with van der Waals surface area (Å²) in [5, 5.41) is 3.47. The molecule has 2 rings (SSSR count). The van der Waals surface area contributed by atoms with Crippen molar-refractivity contribution in [1.82, 2.24) is 9.80 Å². The Labute approximate surface area is 118 Å². The van der Waals surface area contributed by atoms with Crippen LogP contribution in [-0.4, -0.2) is 55.6 Å². The summed E-state index contributed by atoms with van der Waals surface area (Å²) in [6, 6.07) is 8.34. The molecule has 18 heavy (non-hydrogen) atoms. The molecule has 1 aromatic carbocycles. The fraction of sp³-hybridized carbons (Fsp3) is 0.571. The van der Waals surface area contributed by atoms with Crippen LogP contribution < -0.4 is 5.32 Å². The third-order valence-electron chi connectivity index (χ3n) is 3.49. The molecule has 1 heterocycles. The van der Waals surface area contributed by atoms with Gasteiger partial charge in [0.05, 0.1) is 0 Å². The van der Waals surface area contributed by atoms with Crippen LogP contribution in [0.2, 0.25) is 0 Å². The van der Waals surface area contributed by atoms with Gasteiger partial charge in [-0.3, -0.25) is 4.90 Å². The number of benzene rings is 1. The predicted molar refractivity (Wildman–Crippen MR) is 81.2 cm³/mol. The lowest BCUT2D eigenvalue weighted by Gasteiger charge is -2.34. The number of hydrogen-bond acceptors (Lipinski definition) is 3. The van der Waals surface area contributed by atoms with Crippen molar-refractivity contribution in [3.8, 4) is 0 Å². The summed E-state index contributed by atoms with van der Waals surface area (Å²) in [4.78, 5) is 5.05. The third-order valence-corrected chi connectivity index (χ3v) is 3.99. The third kappa shape index (κ3) is 4.26. The zero-order chi connectivity index (χ0) is 12.8. The van der Waals surface area contributed by atoms with Crippen molar-refractivity contribution < 1.29 is 0 Å². The first-order valence-electron chi connectivity index (χ1n) is 6.72. The summed E-state index contributed by atoms with van der Waals surface area (Å²) < 4.78 is 1.13. The van der Waals surface area contributed by atoms with Crippen LogP contribution in [-0.2, 0) is 0 Å². The van der Waals surface area contributed by atoms with E-state index in [2.05, 4.69) is 62.2 Å². The van der Waals surface area contributed by atoms with Gasteiger partial charge in [0.2, 0.25) is 0 Å². The first-order valence-corrected chi connectivity index (χ1v) is 7.51. The van der Waals surface area contributed by atoms with E-state index < -0.39 is 0 Å². The van der Waals surface area contributed by atoms with Crippen LogP contribution in [0.15, 0.2) is 28.7 Å². The highest BCUT2D eigenvalue weighted by atomic mass is 79.9. The van der Waals surface area contributed by atoms with Crippen LogP contribution in [0.5, 0.6) is 0 Å². The summed E-state index contributed by atoms with van der Waals surface area (Å²) in [6.45, 7) is 10.4. The molecule has 0 radical (unpaired) electrons. The topological polar surface area (TPSA) is 18.5 Å². The van der Waals surface area contributed by atoms with Gasteiger partial charge < -0.3 is 10.2 Å². The molecule has 0 unspecified atom stereocenters. The minimum Gasteiger partial charge on any atom is -0.384 e. The minimum absolute atomic E-state index is 1.02. The van der Waals surface area contributed by atoms with Crippen molar-refractivity contribution in [3.63, 3.8) is 0 Å². The van der Waals surface area contributed by atoms with Gasteiger partial charge in [-0.05, 0) is 24.7 Å². The number of rotatable bonds is 5. The van der Waals surface area contributed by atoms with E-state index in [1.165, 1.54) is 38.4 Å². The highest BCUT2D eigenvalue weighted by Gasteiger charge is 2.14. The van der Waals surface area contributed by atoms with Crippen molar-refractivity contribution in [3.05, 3.63) is 28.7 Å². The monoisotopic (exact) mass is 311 g/mol. The molecule has 0 saturated carbocycles. The van der Waals surface area contributed by atoms with E-state index in [1.54, 1.807) is 0 Å². The van der Waals surface area contributed by atoms with Crippen molar-refractivity contribution in [2.75, 3.05) is 51.1 Å². The lowest BCUT2D eigenvalue weighted by molar-refractivity contribution is 0.141. The van der Waals surface area contributed by atoms with Crippen molar-refractivity contribution in [2.45, 2.75) is 6.92 Å². The highest BCUT2D eigenvalue weighted by Crippen LogP contribution is 2.15. The number of nitrogens with one attached hydrogen (secondary N) is 1. The Bertz CT molecular complexity index is 362. The molecule has 0 amide bonds. The van der Waals surface area contributed by atoms with E-state index in [0.29, 0.717) is 0 Å². The number of likely N-dealkylation sites (N-methyl/N-ethyl adjacent to an activating group) is 1. The quantitative estimate of drug-likeness (QED) is 0.901. The molecule has 1 fully saturated rings. The van der Waals surface area contributed by atoms with Gasteiger partial charge in [0, 0.05) is 49.4 Å². The van der Waals surface area contributed by atoms with E-state index >= 15 is 0 Å². The smallest absolute Gasteiger partial charge is 0.0351 e. The zero-order valence-electron chi connectivity index (χ0n) is 11.0. The maximum atomic E-state index is 3.49. The van der Waals surface area contributed by atoms with Crippen LogP contribution >= 0.6 is 15.9 Å². The van der Waals surface area contributed by atoms with Gasteiger partial charge in [-0.15, -0.1) is 0 Å². The van der Waals surface area contributed by atoms with Gasteiger partial charge in [-0.2, -0.15) is 0 Å².